The van der Waals surface area contributed by atoms with Gasteiger partial charge in [-0.05, 0) is 55.7 Å². The van der Waals surface area contributed by atoms with E-state index in [4.69, 9.17) is 21.1 Å². The van der Waals surface area contributed by atoms with E-state index in [9.17, 15) is 9.59 Å². The largest absolute Gasteiger partial charge is 0.484 e. The van der Waals surface area contributed by atoms with Gasteiger partial charge in [-0.3, -0.25) is 9.59 Å². The second-order valence-electron chi connectivity index (χ2n) is 9.02. The van der Waals surface area contributed by atoms with Crippen molar-refractivity contribution >= 4 is 23.4 Å². The molecule has 37 heavy (non-hydrogen) atoms. The number of para-hydroxylation sites is 1. The summed E-state index contributed by atoms with van der Waals surface area (Å²) in [5.74, 6) is 0.102. The number of carbonyl (C=O) groups excluding carboxylic acids is 2. The van der Waals surface area contributed by atoms with Gasteiger partial charge >= 0.3 is 0 Å². The molecule has 0 aliphatic carbocycles. The summed E-state index contributed by atoms with van der Waals surface area (Å²) in [6.07, 6.45) is 1.20. The van der Waals surface area contributed by atoms with Crippen LogP contribution in [0.5, 0.6) is 5.75 Å². The fraction of sp³-hybridized carbons (Fsp3) is 0.333. The van der Waals surface area contributed by atoms with Crippen molar-refractivity contribution in [3.8, 4) is 5.75 Å². The van der Waals surface area contributed by atoms with Crippen LogP contribution in [0.25, 0.3) is 0 Å². The zero-order valence-corrected chi connectivity index (χ0v) is 22.2. The van der Waals surface area contributed by atoms with E-state index in [0.29, 0.717) is 36.8 Å². The summed E-state index contributed by atoms with van der Waals surface area (Å²) in [6, 6.07) is 25.4. The van der Waals surface area contributed by atoms with Gasteiger partial charge in [-0.2, -0.15) is 0 Å². The molecule has 0 radical (unpaired) electrons. The van der Waals surface area contributed by atoms with Crippen molar-refractivity contribution in [2.45, 2.75) is 45.4 Å². The quantitative estimate of drug-likeness (QED) is 0.292. The smallest absolute Gasteiger partial charge is 0.261 e. The summed E-state index contributed by atoms with van der Waals surface area (Å²) in [7, 11) is 0. The molecule has 0 saturated heterocycles. The number of rotatable bonds is 14. The molecule has 0 aliphatic rings. The third-order valence-corrected chi connectivity index (χ3v) is 5.97. The number of carbonyl (C=O) groups is 2. The predicted octanol–water partition coefficient (Wildman–Crippen LogP) is 5.29. The normalized spacial score (nSPS) is 11.7. The maximum absolute atomic E-state index is 13.6. The molecule has 0 aromatic heterocycles. The number of halogens is 1. The minimum Gasteiger partial charge on any atom is -0.484 e. The Balaban J connectivity index is 1.81. The number of nitrogens with zero attached hydrogens (tertiary/aromatic N) is 1. The van der Waals surface area contributed by atoms with Gasteiger partial charge in [-0.15, -0.1) is 0 Å². The third kappa shape index (κ3) is 9.90. The highest BCUT2D eigenvalue weighted by molar-refractivity contribution is 6.30. The fourth-order valence-electron chi connectivity index (χ4n) is 3.81. The van der Waals surface area contributed by atoms with Crippen molar-refractivity contribution in [2.24, 2.45) is 0 Å². The second-order valence-corrected chi connectivity index (χ2v) is 9.46. The van der Waals surface area contributed by atoms with Crippen LogP contribution in [-0.2, 0) is 27.3 Å². The van der Waals surface area contributed by atoms with Gasteiger partial charge < -0.3 is 19.7 Å². The summed E-state index contributed by atoms with van der Waals surface area (Å²) >= 11 is 6.08. The van der Waals surface area contributed by atoms with Crippen molar-refractivity contribution in [3.63, 3.8) is 0 Å². The van der Waals surface area contributed by atoms with E-state index in [1.807, 2.05) is 74.5 Å². The van der Waals surface area contributed by atoms with Crippen LogP contribution in [0.3, 0.4) is 0 Å². The van der Waals surface area contributed by atoms with Crippen LogP contribution in [0.15, 0.2) is 84.9 Å². The first-order valence-electron chi connectivity index (χ1n) is 12.6. The molecule has 0 bridgehead atoms. The first-order chi connectivity index (χ1) is 17.9. The summed E-state index contributed by atoms with van der Waals surface area (Å²) in [6.45, 7) is 5.03. The molecule has 0 unspecified atom stereocenters. The van der Waals surface area contributed by atoms with E-state index in [0.717, 1.165) is 11.1 Å². The van der Waals surface area contributed by atoms with Crippen LogP contribution in [0.4, 0.5) is 0 Å². The van der Waals surface area contributed by atoms with Crippen LogP contribution in [0.2, 0.25) is 5.02 Å². The standard InChI is InChI=1S/C30H35ClN2O4/c1-23(2)36-19-9-18-32-30(35)28(20-24-10-5-3-6-11-24)33(21-25-14-16-26(31)17-15-25)29(34)22-37-27-12-7-4-8-13-27/h3-8,10-17,23,28H,9,18-22H2,1-2H3,(H,32,35)/t28-/m0/s1. The molecule has 196 valence electrons. The van der Waals surface area contributed by atoms with Gasteiger partial charge in [0.2, 0.25) is 5.91 Å². The molecule has 0 saturated carbocycles. The van der Waals surface area contributed by atoms with Crippen LogP contribution in [0.1, 0.15) is 31.4 Å². The molecule has 0 heterocycles. The van der Waals surface area contributed by atoms with Crippen LogP contribution in [0, 0.1) is 0 Å². The Bertz CT molecular complexity index is 1090. The van der Waals surface area contributed by atoms with Crippen molar-refractivity contribution in [3.05, 3.63) is 101 Å². The van der Waals surface area contributed by atoms with Crippen molar-refractivity contribution in [1.82, 2.24) is 10.2 Å². The Morgan fingerprint density at radius 1 is 0.892 bits per heavy atom. The van der Waals surface area contributed by atoms with E-state index in [1.165, 1.54) is 0 Å². The van der Waals surface area contributed by atoms with E-state index in [1.54, 1.807) is 29.2 Å². The van der Waals surface area contributed by atoms with Gasteiger partial charge in [-0.25, -0.2) is 0 Å². The molecule has 0 spiro atoms. The molecule has 3 rings (SSSR count). The summed E-state index contributed by atoms with van der Waals surface area (Å²) in [5, 5.41) is 3.61. The first kappa shape index (κ1) is 28.2. The first-order valence-corrected chi connectivity index (χ1v) is 12.9. The summed E-state index contributed by atoms with van der Waals surface area (Å²) in [5.41, 5.74) is 1.83. The lowest BCUT2D eigenvalue weighted by atomic mass is 10.0. The Hall–Kier alpha value is -3.35. The molecule has 2 amide bonds. The van der Waals surface area contributed by atoms with Crippen molar-refractivity contribution in [2.75, 3.05) is 19.8 Å². The zero-order chi connectivity index (χ0) is 26.5. The number of benzene rings is 3. The van der Waals surface area contributed by atoms with Gasteiger partial charge in [0.05, 0.1) is 6.10 Å². The summed E-state index contributed by atoms with van der Waals surface area (Å²) < 4.78 is 11.3. The highest BCUT2D eigenvalue weighted by atomic mass is 35.5. The van der Waals surface area contributed by atoms with Crippen molar-refractivity contribution in [1.29, 1.82) is 0 Å². The SMILES string of the molecule is CC(C)OCCCNC(=O)[C@H](Cc1ccccc1)N(Cc1ccc(Cl)cc1)C(=O)COc1ccccc1. The average molecular weight is 523 g/mol. The van der Waals surface area contributed by atoms with E-state index in [2.05, 4.69) is 5.32 Å². The van der Waals surface area contributed by atoms with E-state index < -0.39 is 6.04 Å². The van der Waals surface area contributed by atoms with Crippen LogP contribution in [-0.4, -0.2) is 48.6 Å². The van der Waals surface area contributed by atoms with Gasteiger partial charge in [0, 0.05) is 31.1 Å². The number of hydrogen-bond donors (Lipinski definition) is 1. The Morgan fingerprint density at radius 3 is 2.19 bits per heavy atom. The fourth-order valence-corrected chi connectivity index (χ4v) is 3.93. The maximum Gasteiger partial charge on any atom is 0.261 e. The molecular weight excluding hydrogens is 488 g/mol. The molecule has 7 heteroatoms. The minimum atomic E-state index is -0.726. The average Bonchev–Trinajstić information content (AvgIpc) is 2.91. The molecule has 6 nitrogen and oxygen atoms in total. The Labute approximate surface area is 224 Å². The van der Waals surface area contributed by atoms with Crippen molar-refractivity contribution < 1.29 is 19.1 Å². The van der Waals surface area contributed by atoms with Gasteiger partial charge in [-0.1, -0.05) is 72.3 Å². The predicted molar refractivity (Wildman–Crippen MR) is 147 cm³/mol. The van der Waals surface area contributed by atoms with Crippen LogP contribution < -0.4 is 10.1 Å². The molecule has 0 aliphatic heterocycles. The molecular formula is C30H35ClN2O4. The Morgan fingerprint density at radius 2 is 1.54 bits per heavy atom. The second kappa shape index (κ2) is 15.0. The number of hydrogen-bond acceptors (Lipinski definition) is 4. The lowest BCUT2D eigenvalue weighted by Crippen LogP contribution is -2.52. The topological polar surface area (TPSA) is 67.9 Å². The maximum atomic E-state index is 13.6. The molecule has 1 atom stereocenters. The molecule has 0 fully saturated rings. The van der Waals surface area contributed by atoms with E-state index in [-0.39, 0.29) is 31.1 Å². The lowest BCUT2D eigenvalue weighted by Gasteiger charge is -2.31. The van der Waals surface area contributed by atoms with E-state index >= 15 is 0 Å². The monoisotopic (exact) mass is 522 g/mol. The van der Waals surface area contributed by atoms with Crippen LogP contribution >= 0.6 is 11.6 Å². The molecule has 3 aromatic rings. The number of nitrogens with one attached hydrogen (secondary N) is 1. The number of ether oxygens (including phenoxy) is 2. The minimum absolute atomic E-state index is 0.138. The number of amides is 2. The summed E-state index contributed by atoms with van der Waals surface area (Å²) in [4.78, 5) is 28.6. The molecule has 3 aromatic carbocycles. The lowest BCUT2D eigenvalue weighted by molar-refractivity contribution is -0.142. The zero-order valence-electron chi connectivity index (χ0n) is 21.4. The van der Waals surface area contributed by atoms with Gasteiger partial charge in [0.25, 0.3) is 5.91 Å². The van der Waals surface area contributed by atoms with Gasteiger partial charge in [0.15, 0.2) is 6.61 Å². The Kier molecular flexibility index (Phi) is 11.5. The molecule has 1 N–H and O–H groups in total. The highest BCUT2D eigenvalue weighted by Gasteiger charge is 2.30. The van der Waals surface area contributed by atoms with Gasteiger partial charge in [0.1, 0.15) is 11.8 Å². The highest BCUT2D eigenvalue weighted by Crippen LogP contribution is 2.18. The third-order valence-electron chi connectivity index (χ3n) is 5.71.